The first-order valence-electron chi connectivity index (χ1n) is 7.34. The highest BCUT2D eigenvalue weighted by Gasteiger charge is 2.17. The zero-order valence-corrected chi connectivity index (χ0v) is 14.2. The Kier molecular flexibility index (Phi) is 5.89. The molecule has 0 fully saturated rings. The lowest BCUT2D eigenvalue weighted by Crippen LogP contribution is -2.23. The van der Waals surface area contributed by atoms with Crippen LogP contribution < -0.4 is 24.3 Å². The molecule has 0 aromatic heterocycles. The van der Waals surface area contributed by atoms with Crippen LogP contribution in [-0.4, -0.2) is 34.3 Å². The molecule has 0 saturated carbocycles. The fourth-order valence-corrected chi connectivity index (χ4v) is 2.27. The molecule has 24 heavy (non-hydrogen) atoms. The summed E-state index contributed by atoms with van der Waals surface area (Å²) >= 11 is 0. The predicted octanol–water partition coefficient (Wildman–Crippen LogP) is 2.65. The summed E-state index contributed by atoms with van der Waals surface area (Å²) in [6.45, 7) is 0.369. The Morgan fingerprint density at radius 3 is 2.17 bits per heavy atom. The first-order valence-corrected chi connectivity index (χ1v) is 7.34. The summed E-state index contributed by atoms with van der Waals surface area (Å²) in [6.07, 6.45) is 0. The van der Waals surface area contributed by atoms with Crippen molar-refractivity contribution < 1.29 is 23.7 Å². The normalized spacial score (nSPS) is 10.0. The van der Waals surface area contributed by atoms with E-state index in [1.54, 1.807) is 19.2 Å². The number of hydrogen-bond donors (Lipinski definition) is 1. The number of carbonyl (C=O) groups excluding carboxylic acids is 1. The number of amides is 1. The van der Waals surface area contributed by atoms with Gasteiger partial charge in [-0.3, -0.25) is 4.79 Å². The molecule has 1 amide bonds. The second kappa shape index (κ2) is 8.10. The van der Waals surface area contributed by atoms with Gasteiger partial charge in [-0.25, -0.2) is 0 Å². The quantitative estimate of drug-likeness (QED) is 0.845. The Balaban J connectivity index is 2.19. The molecule has 0 heterocycles. The second-order valence-corrected chi connectivity index (χ2v) is 4.94. The molecule has 2 aromatic rings. The van der Waals surface area contributed by atoms with E-state index < -0.39 is 0 Å². The lowest BCUT2D eigenvalue weighted by atomic mass is 10.1. The molecule has 0 unspecified atom stereocenters. The van der Waals surface area contributed by atoms with Crippen LogP contribution in [0.25, 0.3) is 0 Å². The van der Waals surface area contributed by atoms with Gasteiger partial charge >= 0.3 is 0 Å². The summed E-state index contributed by atoms with van der Waals surface area (Å²) in [7, 11) is 6.15. The van der Waals surface area contributed by atoms with E-state index in [9.17, 15) is 4.79 Å². The number of methoxy groups -OCH3 is 4. The maximum atomic E-state index is 12.5. The van der Waals surface area contributed by atoms with Crippen LogP contribution in [0.1, 0.15) is 15.9 Å². The van der Waals surface area contributed by atoms with Crippen LogP contribution >= 0.6 is 0 Å². The van der Waals surface area contributed by atoms with E-state index in [4.69, 9.17) is 18.9 Å². The molecule has 6 nitrogen and oxygen atoms in total. The van der Waals surface area contributed by atoms with E-state index in [0.29, 0.717) is 29.4 Å². The number of ether oxygens (including phenoxy) is 4. The summed E-state index contributed by atoms with van der Waals surface area (Å²) in [4.78, 5) is 12.5. The summed E-state index contributed by atoms with van der Waals surface area (Å²) < 4.78 is 20.9. The first-order chi connectivity index (χ1) is 11.6. The van der Waals surface area contributed by atoms with Gasteiger partial charge in [-0.2, -0.15) is 0 Å². The SMILES string of the molecule is COc1cccc(CNC(=O)c2cc(OC)c(OC)cc2OC)c1. The molecule has 0 aliphatic heterocycles. The lowest BCUT2D eigenvalue weighted by molar-refractivity contribution is 0.0947. The highest BCUT2D eigenvalue weighted by atomic mass is 16.5. The number of hydrogen-bond acceptors (Lipinski definition) is 5. The zero-order valence-electron chi connectivity index (χ0n) is 14.2. The third-order valence-electron chi connectivity index (χ3n) is 3.54. The van der Waals surface area contributed by atoms with E-state index in [1.165, 1.54) is 21.3 Å². The van der Waals surface area contributed by atoms with E-state index in [-0.39, 0.29) is 5.91 Å². The monoisotopic (exact) mass is 331 g/mol. The van der Waals surface area contributed by atoms with Gasteiger partial charge in [0.2, 0.25) is 0 Å². The van der Waals surface area contributed by atoms with E-state index >= 15 is 0 Å². The topological polar surface area (TPSA) is 66.0 Å². The molecule has 0 saturated heterocycles. The van der Waals surface area contributed by atoms with Crippen LogP contribution in [-0.2, 0) is 6.54 Å². The van der Waals surface area contributed by atoms with Crippen molar-refractivity contribution in [3.8, 4) is 23.0 Å². The van der Waals surface area contributed by atoms with Crippen LogP contribution in [0.4, 0.5) is 0 Å². The van der Waals surface area contributed by atoms with E-state index in [0.717, 1.165) is 11.3 Å². The maximum absolute atomic E-state index is 12.5. The molecule has 0 aliphatic carbocycles. The number of carbonyl (C=O) groups is 1. The smallest absolute Gasteiger partial charge is 0.255 e. The predicted molar refractivity (Wildman–Crippen MR) is 90.3 cm³/mol. The summed E-state index contributed by atoms with van der Waals surface area (Å²) in [6, 6.07) is 10.7. The first kappa shape index (κ1) is 17.5. The molecular weight excluding hydrogens is 310 g/mol. The van der Waals surface area contributed by atoms with Crippen molar-refractivity contribution >= 4 is 5.91 Å². The van der Waals surface area contributed by atoms with Gasteiger partial charge in [0.25, 0.3) is 5.91 Å². The Hall–Kier alpha value is -2.89. The molecule has 128 valence electrons. The van der Waals surface area contributed by atoms with Crippen molar-refractivity contribution in [2.45, 2.75) is 6.54 Å². The fraction of sp³-hybridized carbons (Fsp3) is 0.278. The van der Waals surface area contributed by atoms with Crippen LogP contribution in [0.2, 0.25) is 0 Å². The van der Waals surface area contributed by atoms with Crippen molar-refractivity contribution in [3.63, 3.8) is 0 Å². The van der Waals surface area contributed by atoms with E-state index in [1.807, 2.05) is 24.3 Å². The molecule has 2 aromatic carbocycles. The zero-order chi connectivity index (χ0) is 17.5. The van der Waals surface area contributed by atoms with Crippen LogP contribution in [0.15, 0.2) is 36.4 Å². The molecule has 2 rings (SSSR count). The van der Waals surface area contributed by atoms with Crippen molar-refractivity contribution in [3.05, 3.63) is 47.5 Å². The molecule has 0 bridgehead atoms. The van der Waals surface area contributed by atoms with Crippen molar-refractivity contribution in [2.75, 3.05) is 28.4 Å². The third kappa shape index (κ3) is 3.90. The molecular formula is C18H21NO5. The van der Waals surface area contributed by atoms with Gasteiger partial charge in [0.15, 0.2) is 11.5 Å². The van der Waals surface area contributed by atoms with Crippen LogP contribution in [0, 0.1) is 0 Å². The fourth-order valence-electron chi connectivity index (χ4n) is 2.27. The Bertz CT molecular complexity index is 715. The van der Waals surface area contributed by atoms with Gasteiger partial charge in [-0.15, -0.1) is 0 Å². The van der Waals surface area contributed by atoms with Gasteiger partial charge < -0.3 is 24.3 Å². The van der Waals surface area contributed by atoms with Gasteiger partial charge in [-0.05, 0) is 17.7 Å². The second-order valence-electron chi connectivity index (χ2n) is 4.94. The number of rotatable bonds is 7. The van der Waals surface area contributed by atoms with Gasteiger partial charge in [0, 0.05) is 18.7 Å². The minimum Gasteiger partial charge on any atom is -0.497 e. The van der Waals surface area contributed by atoms with Crippen molar-refractivity contribution in [2.24, 2.45) is 0 Å². The third-order valence-corrected chi connectivity index (χ3v) is 3.54. The molecule has 0 radical (unpaired) electrons. The van der Waals surface area contributed by atoms with E-state index in [2.05, 4.69) is 5.32 Å². The maximum Gasteiger partial charge on any atom is 0.255 e. The van der Waals surface area contributed by atoms with Crippen molar-refractivity contribution in [1.82, 2.24) is 5.32 Å². The van der Waals surface area contributed by atoms with Crippen molar-refractivity contribution in [1.29, 1.82) is 0 Å². The van der Waals surface area contributed by atoms with Crippen LogP contribution in [0.5, 0.6) is 23.0 Å². The average molecular weight is 331 g/mol. The molecule has 1 N–H and O–H groups in total. The molecule has 6 heteroatoms. The standard InChI is InChI=1S/C18H21NO5/c1-21-13-7-5-6-12(8-13)11-19-18(20)14-9-16(23-3)17(24-4)10-15(14)22-2/h5-10H,11H2,1-4H3,(H,19,20). The van der Waals surface area contributed by atoms with Crippen LogP contribution in [0.3, 0.4) is 0 Å². The van der Waals surface area contributed by atoms with Gasteiger partial charge in [0.1, 0.15) is 11.5 Å². The number of nitrogens with one attached hydrogen (secondary N) is 1. The average Bonchev–Trinajstić information content (AvgIpc) is 2.64. The summed E-state index contributed by atoms with van der Waals surface area (Å²) in [5, 5.41) is 2.86. The molecule has 0 spiro atoms. The summed E-state index contributed by atoms with van der Waals surface area (Å²) in [5.41, 5.74) is 1.31. The minimum atomic E-state index is -0.268. The molecule has 0 aliphatic rings. The van der Waals surface area contributed by atoms with Gasteiger partial charge in [0.05, 0.1) is 34.0 Å². The highest BCUT2D eigenvalue weighted by Crippen LogP contribution is 2.34. The summed E-state index contributed by atoms with van der Waals surface area (Å²) in [5.74, 6) is 1.85. The number of benzene rings is 2. The highest BCUT2D eigenvalue weighted by molar-refractivity contribution is 5.97. The molecule has 0 atom stereocenters. The largest absolute Gasteiger partial charge is 0.497 e. The Morgan fingerprint density at radius 2 is 1.54 bits per heavy atom. The lowest BCUT2D eigenvalue weighted by Gasteiger charge is -2.14. The Morgan fingerprint density at radius 1 is 0.875 bits per heavy atom. The minimum absolute atomic E-state index is 0.268. The van der Waals surface area contributed by atoms with Gasteiger partial charge in [-0.1, -0.05) is 12.1 Å². The Labute approximate surface area is 141 Å².